The first kappa shape index (κ1) is 13.4. The number of carbonyl (C=O) groups is 1. The van der Waals surface area contributed by atoms with Gasteiger partial charge < -0.3 is 15.2 Å². The molecule has 1 amide bonds. The lowest BCUT2D eigenvalue weighted by Gasteiger charge is -2.23. The van der Waals surface area contributed by atoms with E-state index < -0.39 is 6.10 Å². The van der Waals surface area contributed by atoms with Crippen molar-refractivity contribution in [1.29, 1.82) is 0 Å². The van der Waals surface area contributed by atoms with Crippen molar-refractivity contribution < 1.29 is 14.6 Å². The summed E-state index contributed by atoms with van der Waals surface area (Å²) in [6.07, 6.45) is 2.92. The van der Waals surface area contributed by atoms with Crippen LogP contribution in [0.4, 0.5) is 0 Å². The van der Waals surface area contributed by atoms with Crippen LogP contribution in [0.25, 0.3) is 0 Å². The Morgan fingerprint density at radius 3 is 3.00 bits per heavy atom. The molecule has 1 aliphatic heterocycles. The highest BCUT2D eigenvalue weighted by Crippen LogP contribution is 2.40. The van der Waals surface area contributed by atoms with Crippen molar-refractivity contribution in [3.05, 3.63) is 29.3 Å². The lowest BCUT2D eigenvalue weighted by Crippen LogP contribution is -2.24. The van der Waals surface area contributed by atoms with E-state index in [-0.39, 0.29) is 5.91 Å². The molecule has 0 spiro atoms. The van der Waals surface area contributed by atoms with Gasteiger partial charge in [0.1, 0.15) is 12.4 Å². The van der Waals surface area contributed by atoms with Crippen molar-refractivity contribution in [3.8, 4) is 5.75 Å². The Hall–Kier alpha value is -1.55. The minimum Gasteiger partial charge on any atom is -0.491 e. The molecule has 3 atom stereocenters. The molecule has 3 unspecified atom stereocenters. The van der Waals surface area contributed by atoms with Crippen LogP contribution in [0.3, 0.4) is 0 Å². The monoisotopic (exact) mass is 275 g/mol. The molecular formula is C16H21NO3. The number of carbonyl (C=O) groups excluding carboxylic acids is 1. The fraction of sp³-hybridized carbons (Fsp3) is 0.562. The largest absolute Gasteiger partial charge is 0.491 e. The predicted molar refractivity (Wildman–Crippen MR) is 75.7 cm³/mol. The second-order valence-electron chi connectivity index (χ2n) is 5.88. The highest BCUT2D eigenvalue weighted by Gasteiger charge is 2.31. The number of fused-ring (bicyclic) bond motifs is 1. The van der Waals surface area contributed by atoms with Crippen LogP contribution in [-0.4, -0.2) is 24.2 Å². The molecule has 0 bridgehead atoms. The molecule has 1 heterocycles. The Balaban J connectivity index is 1.89. The van der Waals surface area contributed by atoms with Gasteiger partial charge in [0.15, 0.2) is 0 Å². The van der Waals surface area contributed by atoms with E-state index >= 15 is 0 Å². The Morgan fingerprint density at radius 1 is 1.40 bits per heavy atom. The molecule has 1 aliphatic carbocycles. The lowest BCUT2D eigenvalue weighted by molar-refractivity contribution is 0.0896. The summed E-state index contributed by atoms with van der Waals surface area (Å²) < 4.78 is 5.54. The molecule has 4 heteroatoms. The van der Waals surface area contributed by atoms with Gasteiger partial charge in [-0.3, -0.25) is 4.79 Å². The molecule has 1 aromatic carbocycles. The number of hydrogen-bond donors (Lipinski definition) is 2. The van der Waals surface area contributed by atoms with Gasteiger partial charge in [-0.05, 0) is 36.0 Å². The van der Waals surface area contributed by atoms with Crippen LogP contribution in [0, 0.1) is 11.8 Å². The number of aliphatic hydroxyl groups excluding tert-OH is 1. The molecule has 3 rings (SSSR count). The van der Waals surface area contributed by atoms with Crippen molar-refractivity contribution in [2.75, 3.05) is 13.2 Å². The third kappa shape index (κ3) is 2.40. The molecule has 0 saturated heterocycles. The average Bonchev–Trinajstić information content (AvgIpc) is 2.79. The summed E-state index contributed by atoms with van der Waals surface area (Å²) in [5.74, 6) is 1.32. The normalized spacial score (nSPS) is 27.2. The van der Waals surface area contributed by atoms with E-state index in [0.717, 1.165) is 12.0 Å². The number of aliphatic hydroxyl groups is 1. The topological polar surface area (TPSA) is 58.6 Å². The fourth-order valence-corrected chi connectivity index (χ4v) is 3.35. The van der Waals surface area contributed by atoms with E-state index in [4.69, 9.17) is 4.74 Å². The van der Waals surface area contributed by atoms with Gasteiger partial charge in [0.05, 0.1) is 18.2 Å². The molecular weight excluding hydrogens is 254 g/mol. The zero-order valence-corrected chi connectivity index (χ0v) is 11.8. The smallest absolute Gasteiger partial charge is 0.255 e. The number of ether oxygens (including phenoxy) is 1. The van der Waals surface area contributed by atoms with Crippen LogP contribution in [0.15, 0.2) is 18.2 Å². The first-order valence-electron chi connectivity index (χ1n) is 7.40. The maximum absolute atomic E-state index is 12.0. The van der Waals surface area contributed by atoms with Crippen LogP contribution in [0.5, 0.6) is 5.75 Å². The van der Waals surface area contributed by atoms with E-state index in [2.05, 4.69) is 12.2 Å². The van der Waals surface area contributed by atoms with Gasteiger partial charge in [0.2, 0.25) is 0 Å². The van der Waals surface area contributed by atoms with Crippen LogP contribution in [0.1, 0.15) is 48.2 Å². The summed E-state index contributed by atoms with van der Waals surface area (Å²) >= 11 is 0. The Kier molecular flexibility index (Phi) is 3.66. The van der Waals surface area contributed by atoms with Crippen LogP contribution >= 0.6 is 0 Å². The van der Waals surface area contributed by atoms with Crippen LogP contribution in [-0.2, 0) is 0 Å². The average molecular weight is 275 g/mol. The number of nitrogens with one attached hydrogen (secondary N) is 1. The summed E-state index contributed by atoms with van der Waals surface area (Å²) in [4.78, 5) is 12.0. The lowest BCUT2D eigenvalue weighted by atomic mass is 9.87. The molecule has 1 aromatic rings. The molecule has 20 heavy (non-hydrogen) atoms. The maximum Gasteiger partial charge on any atom is 0.255 e. The molecule has 4 nitrogen and oxygen atoms in total. The van der Waals surface area contributed by atoms with Gasteiger partial charge in [0.25, 0.3) is 5.91 Å². The summed E-state index contributed by atoms with van der Waals surface area (Å²) in [7, 11) is 0. The maximum atomic E-state index is 12.0. The Bertz CT molecular complexity index is 514. The van der Waals surface area contributed by atoms with Gasteiger partial charge in [-0.15, -0.1) is 0 Å². The zero-order chi connectivity index (χ0) is 14.1. The number of amides is 1. The highest BCUT2D eigenvalue weighted by molar-refractivity contribution is 5.97. The second kappa shape index (κ2) is 5.44. The van der Waals surface area contributed by atoms with Crippen molar-refractivity contribution in [2.24, 2.45) is 11.8 Å². The summed E-state index contributed by atoms with van der Waals surface area (Å²) in [6.45, 7) is 3.20. The Morgan fingerprint density at radius 2 is 2.25 bits per heavy atom. The predicted octanol–water partition coefficient (Wildman–Crippen LogP) is 2.28. The van der Waals surface area contributed by atoms with Gasteiger partial charge >= 0.3 is 0 Å². The standard InChI is InChI=1S/C16H21NO3/c1-10-3-2-4-12(10)15(18)11-5-6-14-13(9-11)16(19)17-7-8-20-14/h5-6,9-10,12,15,18H,2-4,7-8H2,1H3,(H,17,19). The molecule has 2 N–H and O–H groups in total. The molecule has 1 saturated carbocycles. The molecule has 1 fully saturated rings. The van der Waals surface area contributed by atoms with Crippen molar-refractivity contribution >= 4 is 5.91 Å². The summed E-state index contributed by atoms with van der Waals surface area (Å²) in [6, 6.07) is 5.47. The van der Waals surface area contributed by atoms with Gasteiger partial charge in [-0.2, -0.15) is 0 Å². The third-order valence-electron chi connectivity index (χ3n) is 4.57. The molecule has 2 aliphatic rings. The second-order valence-corrected chi connectivity index (χ2v) is 5.88. The van der Waals surface area contributed by atoms with Gasteiger partial charge in [0, 0.05) is 0 Å². The van der Waals surface area contributed by atoms with E-state index in [1.165, 1.54) is 12.8 Å². The summed E-state index contributed by atoms with van der Waals surface area (Å²) in [5, 5.41) is 13.4. The molecule has 108 valence electrons. The number of rotatable bonds is 2. The van der Waals surface area contributed by atoms with Crippen molar-refractivity contribution in [2.45, 2.75) is 32.3 Å². The Labute approximate surface area is 119 Å². The van der Waals surface area contributed by atoms with Crippen LogP contribution < -0.4 is 10.1 Å². The van der Waals surface area contributed by atoms with E-state index in [9.17, 15) is 9.90 Å². The summed E-state index contributed by atoms with van der Waals surface area (Å²) in [5.41, 5.74) is 1.35. The minimum atomic E-state index is -0.492. The fourth-order valence-electron chi connectivity index (χ4n) is 3.35. The zero-order valence-electron chi connectivity index (χ0n) is 11.8. The quantitative estimate of drug-likeness (QED) is 0.870. The molecule has 0 radical (unpaired) electrons. The number of hydrogen-bond acceptors (Lipinski definition) is 3. The first-order chi connectivity index (χ1) is 9.66. The van der Waals surface area contributed by atoms with E-state index in [1.54, 1.807) is 12.1 Å². The SMILES string of the molecule is CC1CCCC1C(O)c1ccc2c(c1)C(=O)NCCO2. The van der Waals surface area contributed by atoms with E-state index in [1.807, 2.05) is 6.07 Å². The van der Waals surface area contributed by atoms with Crippen molar-refractivity contribution in [3.63, 3.8) is 0 Å². The van der Waals surface area contributed by atoms with Gasteiger partial charge in [-0.25, -0.2) is 0 Å². The first-order valence-corrected chi connectivity index (χ1v) is 7.40. The highest BCUT2D eigenvalue weighted by atomic mass is 16.5. The van der Waals surface area contributed by atoms with Crippen molar-refractivity contribution in [1.82, 2.24) is 5.32 Å². The third-order valence-corrected chi connectivity index (χ3v) is 4.57. The van der Waals surface area contributed by atoms with Gasteiger partial charge in [-0.1, -0.05) is 25.8 Å². The van der Waals surface area contributed by atoms with Crippen LogP contribution in [0.2, 0.25) is 0 Å². The van der Waals surface area contributed by atoms with E-state index in [0.29, 0.717) is 36.3 Å². The number of benzene rings is 1. The minimum absolute atomic E-state index is 0.119. The molecule has 0 aromatic heterocycles.